The van der Waals surface area contributed by atoms with Crippen LogP contribution in [0.1, 0.15) is 73.6 Å². The first-order valence-electron chi connectivity index (χ1n) is 15.0. The van der Waals surface area contributed by atoms with Crippen LogP contribution in [0.4, 0.5) is 0 Å². The fourth-order valence-corrected chi connectivity index (χ4v) is 6.58. The lowest BCUT2D eigenvalue weighted by molar-refractivity contribution is 0.339. The number of hydrogen-bond acceptors (Lipinski definition) is 2. The highest BCUT2D eigenvalue weighted by Gasteiger charge is 2.24. The molecule has 0 heterocycles. The Hall–Kier alpha value is -2.05. The highest BCUT2D eigenvalue weighted by Crippen LogP contribution is 2.25. The largest absolute Gasteiger partial charge is 0.542 e. The van der Waals surface area contributed by atoms with E-state index >= 15 is 0 Å². The molecule has 2 aromatic carbocycles. The van der Waals surface area contributed by atoms with Crippen LogP contribution in [0.25, 0.3) is 0 Å². The van der Waals surface area contributed by atoms with E-state index in [1.807, 2.05) is 0 Å². The predicted octanol–water partition coefficient (Wildman–Crippen LogP) is 10.2. The monoisotopic (exact) mass is 548 g/mol. The molecule has 38 heavy (non-hydrogen) atoms. The first-order chi connectivity index (χ1) is 18.1. The molecule has 4 heteroatoms. The van der Waals surface area contributed by atoms with Crippen LogP contribution >= 0.6 is 0 Å². The predicted molar refractivity (Wildman–Crippen MR) is 170 cm³/mol. The van der Waals surface area contributed by atoms with Gasteiger partial charge < -0.3 is 8.85 Å². The molecule has 0 saturated carbocycles. The normalized spacial score (nSPS) is 17.3. The average Bonchev–Trinajstić information content (AvgIpc) is 2.84. The van der Waals surface area contributed by atoms with Gasteiger partial charge in [-0.25, -0.2) is 0 Å². The van der Waals surface area contributed by atoms with Crippen molar-refractivity contribution >= 4 is 16.6 Å². The van der Waals surface area contributed by atoms with Crippen LogP contribution in [-0.4, -0.2) is 16.6 Å². The van der Waals surface area contributed by atoms with Crippen LogP contribution in [0, 0.1) is 0 Å². The third-order valence-electron chi connectivity index (χ3n) is 6.83. The van der Waals surface area contributed by atoms with Crippen molar-refractivity contribution in [2.24, 2.45) is 0 Å². The van der Waals surface area contributed by atoms with Gasteiger partial charge in [-0.15, -0.1) is 0 Å². The summed E-state index contributed by atoms with van der Waals surface area (Å²) >= 11 is 0. The lowest BCUT2D eigenvalue weighted by Gasteiger charge is -2.28. The summed E-state index contributed by atoms with van der Waals surface area (Å²) in [4.78, 5) is 0. The van der Waals surface area contributed by atoms with Crippen LogP contribution in [0.3, 0.4) is 0 Å². The molecule has 208 valence electrons. The van der Waals surface area contributed by atoms with Crippen molar-refractivity contribution in [1.82, 2.24) is 0 Å². The molecule has 0 spiro atoms. The van der Waals surface area contributed by atoms with Crippen molar-refractivity contribution in [3.63, 3.8) is 0 Å². The van der Waals surface area contributed by atoms with E-state index in [-0.39, 0.29) is 0 Å². The Kier molecular flexibility index (Phi) is 12.0. The summed E-state index contributed by atoms with van der Waals surface area (Å²) in [5, 5.41) is 0. The smallest absolute Gasteiger partial charge is 0.242 e. The molecule has 0 atom stereocenters. The molecule has 2 aromatic rings. The summed E-state index contributed by atoms with van der Waals surface area (Å²) in [5.41, 5.74) is 5.73. The van der Waals surface area contributed by atoms with E-state index in [4.69, 9.17) is 8.85 Å². The van der Waals surface area contributed by atoms with Crippen molar-refractivity contribution in [3.8, 4) is 0 Å². The van der Waals surface area contributed by atoms with Gasteiger partial charge in [-0.2, -0.15) is 0 Å². The third kappa shape index (κ3) is 12.2. The van der Waals surface area contributed by atoms with Gasteiger partial charge in [0.25, 0.3) is 0 Å². The van der Waals surface area contributed by atoms with Gasteiger partial charge in [0.2, 0.25) is 16.6 Å². The molecule has 4 aliphatic rings. The molecule has 0 N–H and O–H groups in total. The van der Waals surface area contributed by atoms with Gasteiger partial charge in [0, 0.05) is 0 Å². The number of rotatable bonds is 4. The first-order valence-corrected chi connectivity index (χ1v) is 21.8. The Morgan fingerprint density at radius 2 is 0.711 bits per heavy atom. The van der Waals surface area contributed by atoms with Gasteiger partial charge in [-0.05, 0) is 125 Å². The number of benzene rings is 2. The Morgan fingerprint density at radius 3 is 1.03 bits per heavy atom. The highest BCUT2D eigenvalue weighted by atomic mass is 28.4. The fourth-order valence-electron chi connectivity index (χ4n) is 4.90. The van der Waals surface area contributed by atoms with Gasteiger partial charge in [-0.3, -0.25) is 0 Å². The maximum atomic E-state index is 6.64. The Bertz CT molecular complexity index is 937. The van der Waals surface area contributed by atoms with Gasteiger partial charge in [0.15, 0.2) is 0 Å². The van der Waals surface area contributed by atoms with Gasteiger partial charge >= 0.3 is 0 Å². The zero-order chi connectivity index (χ0) is 27.4. The highest BCUT2D eigenvalue weighted by molar-refractivity contribution is 6.70. The fraction of sp³-hybridized carbons (Fsp3) is 0.529. The summed E-state index contributed by atoms with van der Waals surface area (Å²) in [6.07, 6.45) is 18.9. The molecule has 0 saturated heterocycles. The van der Waals surface area contributed by atoms with Crippen LogP contribution in [0.5, 0.6) is 0 Å². The molecular weight excluding hydrogens is 497 g/mol. The van der Waals surface area contributed by atoms with Gasteiger partial charge in [0.1, 0.15) is 11.5 Å². The van der Waals surface area contributed by atoms with E-state index in [1.54, 1.807) is 0 Å². The first kappa shape index (κ1) is 30.5. The second kappa shape index (κ2) is 14.9. The van der Waals surface area contributed by atoms with Gasteiger partial charge in [0.05, 0.1) is 0 Å². The van der Waals surface area contributed by atoms with Crippen LogP contribution in [0.2, 0.25) is 39.3 Å². The van der Waals surface area contributed by atoms with Crippen molar-refractivity contribution in [2.75, 3.05) is 0 Å². The Labute approximate surface area is 235 Å². The SMILES string of the molecule is C[Si](C)(C)OC1=CCCc2ccc(cc2)CCCCCCCCc2ccc(cc2)CCC=C1O[Si](C)(C)C. The molecule has 0 aliphatic heterocycles. The second-order valence-electron chi connectivity index (χ2n) is 12.9. The molecular formula is C34H52O2Si2. The van der Waals surface area contributed by atoms with E-state index < -0.39 is 16.6 Å². The van der Waals surface area contributed by atoms with Crippen LogP contribution in [0.15, 0.2) is 72.2 Å². The zero-order valence-corrected chi connectivity index (χ0v) is 27.1. The molecule has 6 rings (SSSR count). The third-order valence-corrected chi connectivity index (χ3v) is 8.49. The minimum Gasteiger partial charge on any atom is -0.542 e. The van der Waals surface area contributed by atoms with Crippen molar-refractivity contribution in [2.45, 2.75) is 116 Å². The molecule has 0 aromatic heterocycles. The maximum Gasteiger partial charge on any atom is 0.242 e. The molecule has 4 bridgehead atoms. The topological polar surface area (TPSA) is 18.5 Å². The summed E-state index contributed by atoms with van der Waals surface area (Å²) < 4.78 is 13.3. The van der Waals surface area contributed by atoms with Gasteiger partial charge in [-0.1, -0.05) is 74.2 Å². The molecule has 4 aliphatic carbocycles. The van der Waals surface area contributed by atoms with Crippen molar-refractivity contribution in [1.29, 1.82) is 0 Å². The lowest BCUT2D eigenvalue weighted by atomic mass is 10.0. The minimum atomic E-state index is -1.80. The standard InChI is InChI=1S/C34H52O2Si2/c1-37(2,3)35-33-19-13-17-31-25-21-29(22-26-31)15-11-9-7-8-10-12-16-30-23-27-32(28-24-30)18-14-20-34(33)36-38(4,5)6/h19-28H,7-18H2,1-6H3. The number of allylic oxidation sites excluding steroid dienone is 2. The van der Waals surface area contributed by atoms with Crippen LogP contribution < -0.4 is 0 Å². The summed E-state index contributed by atoms with van der Waals surface area (Å²) in [7, 11) is -3.60. The van der Waals surface area contributed by atoms with E-state index in [0.717, 1.165) is 37.2 Å². The molecule has 0 unspecified atom stereocenters. The number of hydrogen-bond donors (Lipinski definition) is 0. The Morgan fingerprint density at radius 1 is 0.421 bits per heavy atom. The summed E-state index contributed by atoms with van der Waals surface area (Å²) in [6, 6.07) is 18.6. The van der Waals surface area contributed by atoms with Crippen LogP contribution in [-0.2, 0) is 34.5 Å². The average molecular weight is 549 g/mol. The molecule has 0 amide bonds. The lowest BCUT2D eigenvalue weighted by Crippen LogP contribution is -2.30. The maximum absolute atomic E-state index is 6.64. The van der Waals surface area contributed by atoms with Crippen molar-refractivity contribution in [3.05, 3.63) is 94.5 Å². The second-order valence-corrected chi connectivity index (χ2v) is 21.8. The summed E-state index contributed by atoms with van der Waals surface area (Å²) in [6.45, 7) is 13.5. The zero-order valence-electron chi connectivity index (χ0n) is 25.1. The minimum absolute atomic E-state index is 0.951. The molecule has 2 nitrogen and oxygen atoms in total. The Balaban J connectivity index is 1.83. The van der Waals surface area contributed by atoms with E-state index in [0.29, 0.717) is 0 Å². The van der Waals surface area contributed by atoms with E-state index in [1.165, 1.54) is 73.6 Å². The quantitative estimate of drug-likeness (QED) is 0.354. The summed E-state index contributed by atoms with van der Waals surface area (Å²) in [5.74, 6) is 1.90. The molecule has 0 radical (unpaired) electrons. The molecule has 0 fully saturated rings. The number of aryl methyl sites for hydroxylation is 4. The van der Waals surface area contributed by atoms with E-state index in [9.17, 15) is 0 Å². The van der Waals surface area contributed by atoms with E-state index in [2.05, 4.69) is 100.0 Å². The van der Waals surface area contributed by atoms with Crippen molar-refractivity contribution < 1.29 is 8.85 Å².